The van der Waals surface area contributed by atoms with Crippen LogP contribution in [0.4, 0.5) is 0 Å². The molecule has 0 fully saturated rings. The van der Waals surface area contributed by atoms with Gasteiger partial charge in [-0.1, -0.05) is 18.2 Å². The average molecular weight is 302 g/mol. The smallest absolute Gasteiger partial charge is 0.337 e. The van der Waals surface area contributed by atoms with Crippen LogP contribution in [0.1, 0.15) is 20.8 Å². The highest BCUT2D eigenvalue weighted by Gasteiger charge is 2.05. The van der Waals surface area contributed by atoms with Crippen molar-refractivity contribution < 1.29 is 19.1 Å². The van der Waals surface area contributed by atoms with Crippen LogP contribution in [0.3, 0.4) is 0 Å². The second-order valence-corrected chi connectivity index (χ2v) is 5.12. The van der Waals surface area contributed by atoms with Gasteiger partial charge >= 0.3 is 11.9 Å². The molecule has 5 heteroatoms. The lowest BCUT2D eigenvalue weighted by molar-refractivity contribution is -0.138. The predicted molar refractivity (Wildman–Crippen MR) is 80.9 cm³/mol. The van der Waals surface area contributed by atoms with Crippen LogP contribution in [0.2, 0.25) is 0 Å². The number of hydrogen-bond donors (Lipinski definition) is 0. The zero-order valence-electron chi connectivity index (χ0n) is 11.4. The van der Waals surface area contributed by atoms with E-state index in [-0.39, 0.29) is 6.61 Å². The molecule has 0 spiro atoms. The van der Waals surface area contributed by atoms with E-state index in [0.29, 0.717) is 5.56 Å². The van der Waals surface area contributed by atoms with Gasteiger partial charge in [0.1, 0.15) is 6.61 Å². The van der Waals surface area contributed by atoms with Crippen molar-refractivity contribution in [2.45, 2.75) is 6.61 Å². The molecule has 2 rings (SSSR count). The van der Waals surface area contributed by atoms with E-state index < -0.39 is 11.9 Å². The molecule has 0 atom stereocenters. The first kappa shape index (κ1) is 15.0. The zero-order valence-corrected chi connectivity index (χ0v) is 12.3. The highest BCUT2D eigenvalue weighted by atomic mass is 32.1. The molecule has 0 unspecified atom stereocenters. The van der Waals surface area contributed by atoms with E-state index >= 15 is 0 Å². The molecule has 2 aromatic rings. The highest BCUT2D eigenvalue weighted by Crippen LogP contribution is 2.11. The van der Waals surface area contributed by atoms with Crippen LogP contribution in [0, 0.1) is 0 Å². The molecule has 4 nitrogen and oxygen atoms in total. The molecule has 0 N–H and O–H groups in total. The van der Waals surface area contributed by atoms with Gasteiger partial charge in [-0.15, -0.1) is 11.3 Å². The van der Waals surface area contributed by atoms with Gasteiger partial charge in [0.15, 0.2) is 0 Å². The first-order valence-corrected chi connectivity index (χ1v) is 7.12. The number of hydrogen-bond acceptors (Lipinski definition) is 5. The molecule has 0 bridgehead atoms. The van der Waals surface area contributed by atoms with Gasteiger partial charge in [-0.05, 0) is 35.2 Å². The Morgan fingerprint density at radius 1 is 1.19 bits per heavy atom. The first-order valence-electron chi connectivity index (χ1n) is 6.24. The Bertz CT molecular complexity index is 627. The second kappa shape index (κ2) is 7.40. The number of carbonyl (C=O) groups excluding carboxylic acids is 2. The third-order valence-electron chi connectivity index (χ3n) is 2.68. The van der Waals surface area contributed by atoms with Crippen LogP contribution in [-0.2, 0) is 20.9 Å². The van der Waals surface area contributed by atoms with Crippen LogP contribution < -0.4 is 0 Å². The largest absolute Gasteiger partial charge is 0.465 e. The quantitative estimate of drug-likeness (QED) is 0.628. The number of methoxy groups -OCH3 is 1. The minimum atomic E-state index is -0.402. The number of ether oxygens (including phenoxy) is 2. The summed E-state index contributed by atoms with van der Waals surface area (Å²) in [5, 5.41) is 1.94. The summed E-state index contributed by atoms with van der Waals surface area (Å²) in [6.07, 6.45) is 3.11. The molecule has 0 radical (unpaired) electrons. The van der Waals surface area contributed by atoms with Gasteiger partial charge < -0.3 is 9.47 Å². The molecule has 0 amide bonds. The standard InChI is InChI=1S/C16H14O4S/c1-19-16(18)13-6-4-12(5-7-13)11-20-15(17)9-8-14-3-2-10-21-14/h2-10H,11H2,1H3/b9-8+. The van der Waals surface area contributed by atoms with Gasteiger partial charge in [-0.2, -0.15) is 0 Å². The molecule has 1 aromatic heterocycles. The number of carbonyl (C=O) groups is 2. The number of rotatable bonds is 5. The number of benzene rings is 1. The van der Waals surface area contributed by atoms with Crippen LogP contribution in [0.15, 0.2) is 47.9 Å². The number of esters is 2. The minimum Gasteiger partial charge on any atom is -0.465 e. The maximum absolute atomic E-state index is 11.6. The Morgan fingerprint density at radius 3 is 2.57 bits per heavy atom. The summed E-state index contributed by atoms with van der Waals surface area (Å²) < 4.78 is 9.72. The second-order valence-electron chi connectivity index (χ2n) is 4.14. The Balaban J connectivity index is 1.85. The van der Waals surface area contributed by atoms with Crippen molar-refractivity contribution in [3.05, 3.63) is 63.9 Å². The van der Waals surface area contributed by atoms with E-state index in [2.05, 4.69) is 4.74 Å². The minimum absolute atomic E-state index is 0.162. The Labute approximate surface area is 126 Å². The summed E-state index contributed by atoms with van der Waals surface area (Å²) in [4.78, 5) is 23.8. The van der Waals surface area contributed by atoms with Crippen LogP contribution >= 0.6 is 11.3 Å². The van der Waals surface area contributed by atoms with Crippen molar-refractivity contribution in [2.24, 2.45) is 0 Å². The molecule has 1 heterocycles. The van der Waals surface area contributed by atoms with Gasteiger partial charge in [0.2, 0.25) is 0 Å². The van der Waals surface area contributed by atoms with Crippen molar-refractivity contribution in [2.75, 3.05) is 7.11 Å². The Hall–Kier alpha value is -2.40. The molecule has 0 aliphatic rings. The average Bonchev–Trinajstić information content (AvgIpc) is 3.04. The molecule has 0 saturated carbocycles. The molecule has 0 aliphatic heterocycles. The lowest BCUT2D eigenvalue weighted by atomic mass is 10.1. The normalized spacial score (nSPS) is 10.5. The summed E-state index contributed by atoms with van der Waals surface area (Å²) in [5.41, 5.74) is 1.27. The van der Waals surface area contributed by atoms with Crippen molar-refractivity contribution in [3.8, 4) is 0 Å². The van der Waals surface area contributed by atoms with Crippen molar-refractivity contribution in [1.29, 1.82) is 0 Å². The zero-order chi connectivity index (χ0) is 15.1. The van der Waals surface area contributed by atoms with E-state index in [1.165, 1.54) is 13.2 Å². The highest BCUT2D eigenvalue weighted by molar-refractivity contribution is 7.10. The van der Waals surface area contributed by atoms with Crippen molar-refractivity contribution >= 4 is 29.4 Å². The SMILES string of the molecule is COC(=O)c1ccc(COC(=O)/C=C/c2cccs2)cc1. The summed E-state index contributed by atoms with van der Waals surface area (Å²) in [7, 11) is 1.33. The van der Waals surface area contributed by atoms with Crippen molar-refractivity contribution in [1.82, 2.24) is 0 Å². The fraction of sp³-hybridized carbons (Fsp3) is 0.125. The predicted octanol–water partition coefficient (Wildman–Crippen LogP) is 3.29. The van der Waals surface area contributed by atoms with E-state index in [0.717, 1.165) is 10.4 Å². The molecular formula is C16H14O4S. The first-order chi connectivity index (χ1) is 10.2. The summed E-state index contributed by atoms with van der Waals surface area (Å²) >= 11 is 1.55. The molecule has 21 heavy (non-hydrogen) atoms. The third kappa shape index (κ3) is 4.57. The van der Waals surface area contributed by atoms with E-state index in [1.54, 1.807) is 41.7 Å². The Kier molecular flexibility index (Phi) is 5.29. The summed E-state index contributed by atoms with van der Waals surface area (Å²) in [5.74, 6) is -0.794. The van der Waals surface area contributed by atoms with Gasteiger partial charge in [0, 0.05) is 11.0 Å². The van der Waals surface area contributed by atoms with Gasteiger partial charge in [0.25, 0.3) is 0 Å². The molecule has 0 saturated heterocycles. The van der Waals surface area contributed by atoms with Gasteiger partial charge in [-0.25, -0.2) is 9.59 Å². The van der Waals surface area contributed by atoms with Gasteiger partial charge in [-0.3, -0.25) is 0 Å². The third-order valence-corrected chi connectivity index (χ3v) is 3.52. The molecule has 108 valence electrons. The number of thiophene rings is 1. The molecular weight excluding hydrogens is 288 g/mol. The molecule has 0 aliphatic carbocycles. The van der Waals surface area contributed by atoms with Gasteiger partial charge in [0.05, 0.1) is 12.7 Å². The van der Waals surface area contributed by atoms with Crippen LogP contribution in [0.5, 0.6) is 0 Å². The lowest BCUT2D eigenvalue weighted by Crippen LogP contribution is -2.03. The van der Waals surface area contributed by atoms with Crippen LogP contribution in [0.25, 0.3) is 6.08 Å². The Morgan fingerprint density at radius 2 is 1.95 bits per heavy atom. The van der Waals surface area contributed by atoms with Crippen molar-refractivity contribution in [3.63, 3.8) is 0 Å². The maximum atomic E-state index is 11.6. The maximum Gasteiger partial charge on any atom is 0.337 e. The topological polar surface area (TPSA) is 52.6 Å². The lowest BCUT2D eigenvalue weighted by Gasteiger charge is -2.03. The fourth-order valence-corrected chi connectivity index (χ4v) is 2.21. The van der Waals surface area contributed by atoms with E-state index in [9.17, 15) is 9.59 Å². The van der Waals surface area contributed by atoms with Crippen LogP contribution in [-0.4, -0.2) is 19.0 Å². The fourth-order valence-electron chi connectivity index (χ4n) is 1.59. The molecule has 1 aromatic carbocycles. The van der Waals surface area contributed by atoms with E-state index in [1.807, 2.05) is 17.5 Å². The summed E-state index contributed by atoms with van der Waals surface area (Å²) in [6, 6.07) is 10.6. The van der Waals surface area contributed by atoms with E-state index in [4.69, 9.17) is 4.74 Å². The summed E-state index contributed by atoms with van der Waals surface area (Å²) in [6.45, 7) is 0.162. The monoisotopic (exact) mass is 302 g/mol.